The van der Waals surface area contributed by atoms with Crippen molar-refractivity contribution in [2.45, 2.75) is 108 Å². The zero-order chi connectivity index (χ0) is 25.2. The maximum absolute atomic E-state index is 15.3. The predicted octanol–water partition coefficient (Wildman–Crippen LogP) is 10.2. The van der Waals surface area contributed by atoms with Crippen molar-refractivity contribution in [2.75, 3.05) is 0 Å². The molecule has 0 unspecified atom stereocenters. The molecule has 3 saturated carbocycles. The van der Waals surface area contributed by atoms with E-state index < -0.39 is 17.5 Å². The van der Waals surface area contributed by atoms with Crippen molar-refractivity contribution in [1.29, 1.82) is 0 Å². The van der Waals surface area contributed by atoms with Gasteiger partial charge < -0.3 is 0 Å². The van der Waals surface area contributed by atoms with E-state index in [0.29, 0.717) is 11.5 Å². The van der Waals surface area contributed by atoms with Gasteiger partial charge in [0.25, 0.3) is 0 Å². The van der Waals surface area contributed by atoms with Crippen LogP contribution in [0.3, 0.4) is 0 Å². The van der Waals surface area contributed by atoms with Crippen LogP contribution < -0.4 is 0 Å². The summed E-state index contributed by atoms with van der Waals surface area (Å²) in [6.45, 7) is 2.32. The second-order valence-electron chi connectivity index (χ2n) is 11.9. The molecule has 4 heteroatoms. The van der Waals surface area contributed by atoms with Gasteiger partial charge in [-0.15, -0.1) is 0 Å². The fourth-order valence-corrected chi connectivity index (χ4v) is 7.67. The van der Waals surface area contributed by atoms with E-state index in [-0.39, 0.29) is 17.7 Å². The van der Waals surface area contributed by atoms with Crippen LogP contribution >= 0.6 is 0 Å². The average molecular weight is 501 g/mol. The maximum atomic E-state index is 15.3. The van der Waals surface area contributed by atoms with Crippen molar-refractivity contribution in [1.82, 2.24) is 0 Å². The fourth-order valence-electron chi connectivity index (χ4n) is 7.67. The van der Waals surface area contributed by atoms with Gasteiger partial charge in [0.2, 0.25) is 0 Å². The first kappa shape index (κ1) is 25.8. The minimum Gasteiger partial charge on any atom is -0.207 e. The van der Waals surface area contributed by atoms with Gasteiger partial charge in [0.1, 0.15) is 5.82 Å². The number of hydrogen-bond donors (Lipinski definition) is 0. The molecule has 0 aromatic heterocycles. The molecule has 0 atom stereocenters. The Hall–Kier alpha value is -1.84. The quantitative estimate of drug-likeness (QED) is 0.283. The second-order valence-corrected chi connectivity index (χ2v) is 11.9. The highest BCUT2D eigenvalue weighted by atomic mass is 19.2. The Bertz CT molecular complexity index is 999. The molecular weight excluding hydrogens is 460 g/mol. The largest absolute Gasteiger partial charge is 0.207 e. The van der Waals surface area contributed by atoms with Crippen LogP contribution in [-0.4, -0.2) is 0 Å². The number of hydrogen-bond acceptors (Lipinski definition) is 0. The van der Waals surface area contributed by atoms with Crippen molar-refractivity contribution < 1.29 is 17.6 Å². The Kier molecular flexibility index (Phi) is 8.08. The molecule has 3 fully saturated rings. The van der Waals surface area contributed by atoms with E-state index in [4.69, 9.17) is 0 Å². The highest BCUT2D eigenvalue weighted by molar-refractivity contribution is 5.31. The third-order valence-electron chi connectivity index (χ3n) is 10.0. The third kappa shape index (κ3) is 5.53. The van der Waals surface area contributed by atoms with Gasteiger partial charge in [0.15, 0.2) is 17.5 Å². The smallest absolute Gasteiger partial charge is 0.194 e. The van der Waals surface area contributed by atoms with E-state index in [1.807, 2.05) is 6.07 Å². The first-order valence-electron chi connectivity index (χ1n) is 14.4. The summed E-state index contributed by atoms with van der Waals surface area (Å²) >= 11 is 0. The Balaban J connectivity index is 1.15. The number of halogens is 4. The molecule has 0 heterocycles. The molecule has 0 saturated heterocycles. The van der Waals surface area contributed by atoms with Crippen LogP contribution in [0.4, 0.5) is 17.6 Å². The summed E-state index contributed by atoms with van der Waals surface area (Å²) in [6, 6.07) is 8.15. The highest BCUT2D eigenvalue weighted by Gasteiger charge is 2.32. The number of rotatable bonds is 5. The summed E-state index contributed by atoms with van der Waals surface area (Å²) in [5, 5.41) is 0. The van der Waals surface area contributed by atoms with Crippen molar-refractivity contribution in [2.24, 2.45) is 17.8 Å². The van der Waals surface area contributed by atoms with Gasteiger partial charge in [0.05, 0.1) is 0 Å². The fraction of sp³-hybridized carbons (Fsp3) is 0.625. The predicted molar refractivity (Wildman–Crippen MR) is 137 cm³/mol. The Morgan fingerprint density at radius 2 is 1.03 bits per heavy atom. The molecule has 0 bridgehead atoms. The summed E-state index contributed by atoms with van der Waals surface area (Å²) < 4.78 is 55.9. The summed E-state index contributed by atoms with van der Waals surface area (Å²) in [5.74, 6) is -0.485. The molecule has 2 aromatic carbocycles. The Labute approximate surface area is 213 Å². The van der Waals surface area contributed by atoms with Gasteiger partial charge >= 0.3 is 0 Å². The summed E-state index contributed by atoms with van der Waals surface area (Å²) in [6.07, 6.45) is 14.9. The van der Waals surface area contributed by atoms with Gasteiger partial charge in [-0.25, -0.2) is 17.6 Å². The standard InChI is InChI=1S/C32H40F4/c1-2-20-3-5-21(6-4-20)22-7-9-23(10-8-22)26-15-16-28(29(33)17-26)25-13-11-24(12-14-25)27-18-30(34)32(36)31(35)19-27/h15-25H,2-14H2,1H3. The topological polar surface area (TPSA) is 0 Å². The van der Waals surface area contributed by atoms with Gasteiger partial charge in [-0.2, -0.15) is 0 Å². The maximum Gasteiger partial charge on any atom is 0.194 e. The SMILES string of the molecule is CCC1CCC(C2CCC(c3ccc(C4CCC(c5cc(F)c(F)c(F)c5)CC4)c(F)c3)CC2)CC1. The van der Waals surface area contributed by atoms with Crippen molar-refractivity contribution in [3.05, 3.63) is 70.3 Å². The molecule has 2 aromatic rings. The minimum absolute atomic E-state index is 0.0135. The molecule has 0 nitrogen and oxygen atoms in total. The molecule has 0 aliphatic heterocycles. The summed E-state index contributed by atoms with van der Waals surface area (Å²) in [5.41, 5.74) is 2.43. The highest BCUT2D eigenvalue weighted by Crippen LogP contribution is 2.46. The van der Waals surface area contributed by atoms with Crippen LogP contribution in [0, 0.1) is 41.0 Å². The van der Waals surface area contributed by atoms with Gasteiger partial charge in [-0.3, -0.25) is 0 Å². The van der Waals surface area contributed by atoms with E-state index in [1.165, 1.54) is 57.8 Å². The molecule has 0 amide bonds. The van der Waals surface area contributed by atoms with E-state index in [0.717, 1.165) is 66.7 Å². The molecule has 0 spiro atoms. The van der Waals surface area contributed by atoms with E-state index >= 15 is 4.39 Å². The lowest BCUT2D eigenvalue weighted by Crippen LogP contribution is -2.25. The van der Waals surface area contributed by atoms with E-state index in [9.17, 15) is 13.2 Å². The van der Waals surface area contributed by atoms with Crippen molar-refractivity contribution >= 4 is 0 Å². The second kappa shape index (κ2) is 11.3. The molecular formula is C32H40F4. The molecule has 196 valence electrons. The Morgan fingerprint density at radius 1 is 0.556 bits per heavy atom. The molecule has 36 heavy (non-hydrogen) atoms. The first-order valence-corrected chi connectivity index (χ1v) is 14.4. The lowest BCUT2D eigenvalue weighted by molar-refractivity contribution is 0.158. The average Bonchev–Trinajstić information content (AvgIpc) is 2.92. The monoisotopic (exact) mass is 500 g/mol. The molecule has 3 aliphatic carbocycles. The van der Waals surface area contributed by atoms with Crippen molar-refractivity contribution in [3.8, 4) is 0 Å². The minimum atomic E-state index is -1.41. The first-order chi connectivity index (χ1) is 17.4. The van der Waals surface area contributed by atoms with Crippen LogP contribution in [0.25, 0.3) is 0 Å². The van der Waals surface area contributed by atoms with Crippen LogP contribution in [0.15, 0.2) is 30.3 Å². The Morgan fingerprint density at radius 3 is 1.58 bits per heavy atom. The van der Waals surface area contributed by atoms with Crippen LogP contribution in [0.5, 0.6) is 0 Å². The lowest BCUT2D eigenvalue weighted by atomic mass is 9.68. The summed E-state index contributed by atoms with van der Waals surface area (Å²) in [7, 11) is 0. The van der Waals surface area contributed by atoms with Crippen LogP contribution in [-0.2, 0) is 0 Å². The third-order valence-corrected chi connectivity index (χ3v) is 10.0. The summed E-state index contributed by atoms with van der Waals surface area (Å²) in [4.78, 5) is 0. The van der Waals surface area contributed by atoms with Gasteiger partial charge in [-0.05, 0) is 135 Å². The molecule has 0 radical (unpaired) electrons. The van der Waals surface area contributed by atoms with E-state index in [2.05, 4.69) is 13.0 Å². The zero-order valence-electron chi connectivity index (χ0n) is 21.6. The lowest BCUT2D eigenvalue weighted by Gasteiger charge is -2.38. The van der Waals surface area contributed by atoms with Crippen LogP contribution in [0.1, 0.15) is 125 Å². The molecule has 3 aliphatic rings. The zero-order valence-corrected chi connectivity index (χ0v) is 21.6. The van der Waals surface area contributed by atoms with Gasteiger partial charge in [-0.1, -0.05) is 38.3 Å². The molecule has 5 rings (SSSR count). The van der Waals surface area contributed by atoms with Crippen molar-refractivity contribution in [3.63, 3.8) is 0 Å². The normalized spacial score (nSPS) is 31.4. The van der Waals surface area contributed by atoms with Gasteiger partial charge in [0, 0.05) is 0 Å². The number of benzene rings is 2. The van der Waals surface area contributed by atoms with E-state index in [1.54, 1.807) is 6.07 Å². The van der Waals surface area contributed by atoms with Crippen LogP contribution in [0.2, 0.25) is 0 Å². The molecule has 0 N–H and O–H groups in total.